The van der Waals surface area contributed by atoms with E-state index in [2.05, 4.69) is 11.8 Å². The van der Waals surface area contributed by atoms with Crippen LogP contribution < -0.4 is 0 Å². The van der Waals surface area contributed by atoms with Gasteiger partial charge in [-0.3, -0.25) is 0 Å². The predicted molar refractivity (Wildman–Crippen MR) is 94.6 cm³/mol. The van der Waals surface area contributed by atoms with Crippen LogP contribution in [0, 0.1) is 18.8 Å². The minimum Gasteiger partial charge on any atom is -0.166 e. The number of thiophene rings is 1. The smallest absolute Gasteiger partial charge is 0.166 e. The number of rotatable bonds is 1. The molecule has 2 aromatic carbocycles. The monoisotopic (exact) mass is 364 g/mol. The zero-order valence-corrected chi connectivity index (χ0v) is 14.2. The lowest BCUT2D eigenvalue weighted by molar-refractivity contribution is -0.137. The van der Waals surface area contributed by atoms with Crippen molar-refractivity contribution in [2.45, 2.75) is 13.1 Å². The molecule has 0 saturated heterocycles. The molecule has 0 aliphatic carbocycles. The Balaban J connectivity index is 2.20. The lowest BCUT2D eigenvalue weighted by Crippen LogP contribution is -2.04. The molecule has 0 atom stereocenters. The first-order valence-electron chi connectivity index (χ1n) is 7.16. The SMILES string of the molecule is Cc1sc2cccc(C#CCCl)c2c1-c1ccc(C(F)(F)F)cc1. The second-order valence-corrected chi connectivity index (χ2v) is 6.75. The fraction of sp³-hybridized carbons (Fsp3) is 0.158. The number of alkyl halides is 4. The van der Waals surface area contributed by atoms with Gasteiger partial charge in [0.25, 0.3) is 0 Å². The first-order chi connectivity index (χ1) is 11.4. The minimum atomic E-state index is -4.33. The van der Waals surface area contributed by atoms with Gasteiger partial charge in [-0.25, -0.2) is 0 Å². The molecule has 0 N–H and O–H groups in total. The lowest BCUT2D eigenvalue weighted by Gasteiger charge is -2.08. The molecule has 0 spiro atoms. The van der Waals surface area contributed by atoms with Crippen LogP contribution in [-0.2, 0) is 6.18 Å². The van der Waals surface area contributed by atoms with Crippen LogP contribution >= 0.6 is 22.9 Å². The number of halogens is 4. The molecule has 0 radical (unpaired) electrons. The summed E-state index contributed by atoms with van der Waals surface area (Å²) in [7, 11) is 0. The molecule has 0 nitrogen and oxygen atoms in total. The Morgan fingerprint density at radius 2 is 1.79 bits per heavy atom. The van der Waals surface area contributed by atoms with E-state index in [4.69, 9.17) is 11.6 Å². The van der Waals surface area contributed by atoms with Crippen molar-refractivity contribution < 1.29 is 13.2 Å². The molecule has 122 valence electrons. The van der Waals surface area contributed by atoms with E-state index in [0.29, 0.717) is 0 Å². The maximum atomic E-state index is 12.8. The van der Waals surface area contributed by atoms with Gasteiger partial charge in [0.1, 0.15) is 0 Å². The van der Waals surface area contributed by atoms with Gasteiger partial charge in [0.2, 0.25) is 0 Å². The molecule has 24 heavy (non-hydrogen) atoms. The Labute approximate surface area is 146 Å². The average molecular weight is 365 g/mol. The van der Waals surface area contributed by atoms with Crippen LogP contribution in [-0.4, -0.2) is 5.88 Å². The van der Waals surface area contributed by atoms with Crippen molar-refractivity contribution in [3.05, 3.63) is 58.5 Å². The average Bonchev–Trinajstić information content (AvgIpc) is 2.88. The molecule has 0 fully saturated rings. The van der Waals surface area contributed by atoms with E-state index >= 15 is 0 Å². The number of aryl methyl sites for hydroxylation is 1. The standard InChI is InChI=1S/C19H12ClF3S/c1-12-17(14-7-9-15(10-8-14)19(21,22)23)18-13(5-3-11-20)4-2-6-16(18)24-12/h2,4,6-10H,11H2,1H3. The van der Waals surface area contributed by atoms with Crippen LogP contribution in [0.2, 0.25) is 0 Å². The Morgan fingerprint density at radius 3 is 2.42 bits per heavy atom. The van der Waals surface area contributed by atoms with Crippen molar-refractivity contribution in [1.82, 2.24) is 0 Å². The molecule has 1 heterocycles. The first kappa shape index (κ1) is 16.9. The van der Waals surface area contributed by atoms with Crippen LogP contribution in [0.4, 0.5) is 13.2 Å². The van der Waals surface area contributed by atoms with Crippen molar-refractivity contribution >= 4 is 33.0 Å². The van der Waals surface area contributed by atoms with Gasteiger partial charge in [-0.05, 0) is 36.8 Å². The van der Waals surface area contributed by atoms with Crippen molar-refractivity contribution in [2.24, 2.45) is 0 Å². The van der Waals surface area contributed by atoms with Gasteiger partial charge in [0.15, 0.2) is 0 Å². The zero-order valence-electron chi connectivity index (χ0n) is 12.7. The van der Waals surface area contributed by atoms with E-state index in [0.717, 1.165) is 43.8 Å². The lowest BCUT2D eigenvalue weighted by atomic mass is 9.98. The summed E-state index contributed by atoms with van der Waals surface area (Å²) in [5.74, 6) is 6.12. The molecule has 0 bridgehead atoms. The molecule has 3 rings (SSSR count). The summed E-state index contributed by atoms with van der Waals surface area (Å²) in [6.45, 7) is 1.97. The third kappa shape index (κ3) is 3.15. The summed E-state index contributed by atoms with van der Waals surface area (Å²) in [6.07, 6.45) is -4.33. The Bertz CT molecular complexity index is 941. The normalized spacial score (nSPS) is 11.4. The van der Waals surface area contributed by atoms with Crippen LogP contribution in [0.5, 0.6) is 0 Å². The molecular formula is C19H12ClF3S. The maximum Gasteiger partial charge on any atom is 0.416 e. The van der Waals surface area contributed by atoms with E-state index in [9.17, 15) is 13.2 Å². The zero-order chi connectivity index (χ0) is 17.3. The second-order valence-electron chi connectivity index (χ2n) is 5.22. The Hall–Kier alpha value is -1.96. The largest absolute Gasteiger partial charge is 0.416 e. The molecular weight excluding hydrogens is 353 g/mol. The number of fused-ring (bicyclic) bond motifs is 1. The fourth-order valence-electron chi connectivity index (χ4n) is 2.67. The van der Waals surface area contributed by atoms with Gasteiger partial charge in [0.05, 0.1) is 11.4 Å². The Kier molecular flexibility index (Phi) is 4.58. The predicted octanol–water partition coefficient (Wildman–Crippen LogP) is 6.49. The van der Waals surface area contributed by atoms with Gasteiger partial charge in [-0.15, -0.1) is 22.9 Å². The summed E-state index contributed by atoms with van der Waals surface area (Å²) in [5.41, 5.74) is 1.88. The number of benzene rings is 2. The molecule has 1 aromatic heterocycles. The summed E-state index contributed by atoms with van der Waals surface area (Å²) in [6, 6.07) is 11.1. The van der Waals surface area contributed by atoms with Crippen LogP contribution in [0.25, 0.3) is 21.2 Å². The highest BCUT2D eigenvalue weighted by Crippen LogP contribution is 2.40. The van der Waals surface area contributed by atoms with Gasteiger partial charge < -0.3 is 0 Å². The molecule has 0 unspecified atom stereocenters. The first-order valence-corrected chi connectivity index (χ1v) is 8.51. The van der Waals surface area contributed by atoms with Crippen molar-refractivity contribution in [1.29, 1.82) is 0 Å². The summed E-state index contributed by atoms with van der Waals surface area (Å²) >= 11 is 7.26. The van der Waals surface area contributed by atoms with E-state index in [1.165, 1.54) is 12.1 Å². The highest BCUT2D eigenvalue weighted by molar-refractivity contribution is 7.19. The third-order valence-electron chi connectivity index (χ3n) is 3.68. The Morgan fingerprint density at radius 1 is 1.08 bits per heavy atom. The van der Waals surface area contributed by atoms with Gasteiger partial charge in [-0.1, -0.05) is 30.0 Å². The van der Waals surface area contributed by atoms with Crippen molar-refractivity contribution in [3.63, 3.8) is 0 Å². The number of hydrogen-bond donors (Lipinski definition) is 0. The van der Waals surface area contributed by atoms with Crippen molar-refractivity contribution in [3.8, 4) is 23.0 Å². The quantitative estimate of drug-likeness (QED) is 0.342. The van der Waals surface area contributed by atoms with Crippen LogP contribution in [0.3, 0.4) is 0 Å². The van der Waals surface area contributed by atoms with E-state index in [1.54, 1.807) is 11.3 Å². The molecule has 0 aliphatic heterocycles. The van der Waals surface area contributed by atoms with E-state index in [-0.39, 0.29) is 5.88 Å². The molecule has 0 amide bonds. The topological polar surface area (TPSA) is 0 Å². The highest BCUT2D eigenvalue weighted by atomic mass is 35.5. The second kappa shape index (κ2) is 6.51. The van der Waals surface area contributed by atoms with Gasteiger partial charge >= 0.3 is 6.18 Å². The molecule has 0 saturated carbocycles. The molecule has 5 heteroatoms. The fourth-order valence-corrected chi connectivity index (χ4v) is 3.85. The van der Waals surface area contributed by atoms with Crippen molar-refractivity contribution in [2.75, 3.05) is 5.88 Å². The van der Waals surface area contributed by atoms with E-state index in [1.807, 2.05) is 25.1 Å². The number of hydrogen-bond acceptors (Lipinski definition) is 1. The summed E-state index contributed by atoms with van der Waals surface area (Å²) in [4.78, 5) is 1.05. The molecule has 3 aromatic rings. The third-order valence-corrected chi connectivity index (χ3v) is 4.89. The summed E-state index contributed by atoms with van der Waals surface area (Å²) < 4.78 is 39.4. The van der Waals surface area contributed by atoms with E-state index < -0.39 is 11.7 Å². The molecule has 0 aliphatic rings. The van der Waals surface area contributed by atoms with Crippen LogP contribution in [0.15, 0.2) is 42.5 Å². The summed E-state index contributed by atoms with van der Waals surface area (Å²) in [5, 5.41) is 0.970. The highest BCUT2D eigenvalue weighted by Gasteiger charge is 2.30. The van der Waals surface area contributed by atoms with Gasteiger partial charge in [0, 0.05) is 26.1 Å². The minimum absolute atomic E-state index is 0.231. The van der Waals surface area contributed by atoms with Crippen LogP contribution in [0.1, 0.15) is 16.0 Å². The van der Waals surface area contributed by atoms with Gasteiger partial charge in [-0.2, -0.15) is 13.2 Å². The maximum absolute atomic E-state index is 12.8.